The van der Waals surface area contributed by atoms with Crippen molar-refractivity contribution in [3.8, 4) is 0 Å². The quantitative estimate of drug-likeness (QED) is 0.270. The third-order valence-electron chi connectivity index (χ3n) is 5.99. The van der Waals surface area contributed by atoms with E-state index in [1.165, 1.54) is 12.4 Å². The molecule has 1 aromatic carbocycles. The smallest absolute Gasteiger partial charge is 0.280 e. The normalized spacial score (nSPS) is 18.7. The summed E-state index contributed by atoms with van der Waals surface area (Å²) >= 11 is 6.19. The van der Waals surface area contributed by atoms with Crippen molar-refractivity contribution in [2.24, 2.45) is 10.7 Å². The Labute approximate surface area is 217 Å². The summed E-state index contributed by atoms with van der Waals surface area (Å²) in [5.74, 6) is -2.64. The number of carbonyl (C=O) groups is 1. The largest absolute Gasteiger partial charge is 0.404 e. The maximum atomic E-state index is 14.1. The lowest BCUT2D eigenvalue weighted by molar-refractivity contribution is -0.126. The summed E-state index contributed by atoms with van der Waals surface area (Å²) < 4.78 is 55.9. The number of nitrogens with zero attached hydrogens (tertiary/aromatic N) is 3. The number of rotatable bonds is 9. The van der Waals surface area contributed by atoms with Gasteiger partial charge in [-0.3, -0.25) is 14.8 Å². The summed E-state index contributed by atoms with van der Waals surface area (Å²) in [5.41, 5.74) is 5.22. The van der Waals surface area contributed by atoms with Crippen LogP contribution in [0.2, 0.25) is 5.02 Å². The zero-order valence-electron chi connectivity index (χ0n) is 19.9. The van der Waals surface area contributed by atoms with Gasteiger partial charge in [-0.15, -0.1) is 0 Å². The first-order chi connectivity index (χ1) is 17.6. The second-order valence-electron chi connectivity index (χ2n) is 8.76. The van der Waals surface area contributed by atoms with E-state index in [0.29, 0.717) is 42.9 Å². The minimum Gasteiger partial charge on any atom is -0.404 e. The molecule has 0 spiro atoms. The van der Waals surface area contributed by atoms with E-state index >= 15 is 0 Å². The molecule has 2 aromatic rings. The number of pyridine rings is 1. The van der Waals surface area contributed by atoms with Gasteiger partial charge in [-0.2, -0.15) is 0 Å². The predicted octanol–water partition coefficient (Wildman–Crippen LogP) is 4.91. The molecule has 6 nitrogen and oxygen atoms in total. The molecule has 1 fully saturated rings. The lowest BCUT2D eigenvalue weighted by Crippen LogP contribution is -2.37. The van der Waals surface area contributed by atoms with E-state index in [1.54, 1.807) is 6.07 Å². The van der Waals surface area contributed by atoms with E-state index in [2.05, 4.69) is 16.6 Å². The number of aromatic nitrogens is 1. The molecule has 1 amide bonds. The molecule has 0 saturated heterocycles. The monoisotopic (exact) mass is 538 g/mol. The standard InChI is InChI=1S/C26H27ClF4N4O2/c1-15(21-6-7-33-12-23(21)27)13-35(14-16-8-17(28)10-18(29)9-16)26(37)22(11-32)24(25(30)31)34-19-2-4-20(36)5-3-19/h6-12,19-20,25,36H,1-5,13-14,32H2. The number of hydrogen-bond acceptors (Lipinski definition) is 5. The van der Waals surface area contributed by atoms with Crippen molar-refractivity contribution in [3.63, 3.8) is 0 Å². The van der Waals surface area contributed by atoms with Gasteiger partial charge in [0.2, 0.25) is 0 Å². The molecule has 1 saturated carbocycles. The number of amides is 1. The van der Waals surface area contributed by atoms with Gasteiger partial charge < -0.3 is 15.7 Å². The Morgan fingerprint density at radius 2 is 1.89 bits per heavy atom. The van der Waals surface area contributed by atoms with E-state index in [9.17, 15) is 27.5 Å². The van der Waals surface area contributed by atoms with Crippen molar-refractivity contribution in [3.05, 3.63) is 82.8 Å². The van der Waals surface area contributed by atoms with E-state index in [-0.39, 0.29) is 23.7 Å². The van der Waals surface area contributed by atoms with Crippen molar-refractivity contribution >= 4 is 28.8 Å². The van der Waals surface area contributed by atoms with E-state index in [0.717, 1.165) is 23.2 Å². The van der Waals surface area contributed by atoms with Gasteiger partial charge >= 0.3 is 0 Å². The highest BCUT2D eigenvalue weighted by molar-refractivity contribution is 6.32. The van der Waals surface area contributed by atoms with Gasteiger partial charge in [0, 0.05) is 43.3 Å². The third-order valence-corrected chi connectivity index (χ3v) is 6.29. The number of nitrogens with two attached hydrogens (primary N) is 1. The lowest BCUT2D eigenvalue weighted by Gasteiger charge is -2.27. The summed E-state index contributed by atoms with van der Waals surface area (Å²) in [4.78, 5) is 22.7. The van der Waals surface area contributed by atoms with E-state index < -0.39 is 47.4 Å². The molecule has 1 aliphatic carbocycles. The van der Waals surface area contributed by atoms with Crippen LogP contribution in [-0.4, -0.2) is 51.7 Å². The first kappa shape index (κ1) is 28.3. The van der Waals surface area contributed by atoms with Gasteiger partial charge in [0.15, 0.2) is 0 Å². The molecule has 1 aromatic heterocycles. The number of halogens is 5. The van der Waals surface area contributed by atoms with Crippen LogP contribution in [0.4, 0.5) is 17.6 Å². The van der Waals surface area contributed by atoms with Crippen LogP contribution in [0.5, 0.6) is 0 Å². The van der Waals surface area contributed by atoms with Gasteiger partial charge in [0.05, 0.1) is 22.7 Å². The summed E-state index contributed by atoms with van der Waals surface area (Å²) in [7, 11) is 0. The summed E-state index contributed by atoms with van der Waals surface area (Å²) in [6, 6.07) is 3.81. The Kier molecular flexibility index (Phi) is 9.82. The first-order valence-corrected chi connectivity index (χ1v) is 11.9. The van der Waals surface area contributed by atoms with Gasteiger partial charge in [0.1, 0.15) is 17.3 Å². The molecule has 1 aliphatic rings. The fourth-order valence-corrected chi connectivity index (χ4v) is 4.42. The molecular formula is C26H27ClF4N4O2. The van der Waals surface area contributed by atoms with Crippen molar-refractivity contribution < 1.29 is 27.5 Å². The molecule has 3 N–H and O–H groups in total. The Morgan fingerprint density at radius 1 is 1.24 bits per heavy atom. The molecule has 0 atom stereocenters. The molecule has 1 heterocycles. The summed E-state index contributed by atoms with van der Waals surface area (Å²) in [6.07, 6.45) is 1.55. The number of aliphatic imine (C=N–C) groups is 1. The highest BCUT2D eigenvalue weighted by Crippen LogP contribution is 2.26. The van der Waals surface area contributed by atoms with Crippen molar-refractivity contribution in [2.75, 3.05) is 6.54 Å². The average Bonchev–Trinajstić information content (AvgIpc) is 2.84. The highest BCUT2D eigenvalue weighted by atomic mass is 35.5. The second kappa shape index (κ2) is 12.8. The molecular weight excluding hydrogens is 512 g/mol. The van der Waals surface area contributed by atoms with Crippen LogP contribution in [0.15, 0.2) is 60.0 Å². The minimum absolute atomic E-state index is 0.0904. The Balaban J connectivity index is 1.96. The maximum absolute atomic E-state index is 14.1. The van der Waals surface area contributed by atoms with Crippen molar-refractivity contribution in [1.82, 2.24) is 9.88 Å². The summed E-state index contributed by atoms with van der Waals surface area (Å²) in [5, 5.41) is 9.95. The SMILES string of the molecule is C=C(CN(Cc1cc(F)cc(F)c1)C(=O)C(=CN)C(=NC1CCC(O)CC1)C(F)F)c1ccncc1Cl. The Bertz CT molecular complexity index is 1180. The third kappa shape index (κ3) is 7.62. The van der Waals surface area contributed by atoms with Gasteiger partial charge in [0.25, 0.3) is 12.3 Å². The van der Waals surface area contributed by atoms with Crippen LogP contribution in [0, 0.1) is 11.6 Å². The van der Waals surface area contributed by atoms with Crippen LogP contribution in [0.25, 0.3) is 5.57 Å². The van der Waals surface area contributed by atoms with E-state index in [4.69, 9.17) is 17.3 Å². The molecule has 0 bridgehead atoms. The van der Waals surface area contributed by atoms with Crippen LogP contribution in [0.3, 0.4) is 0 Å². The number of aliphatic hydroxyl groups is 1. The number of benzene rings is 1. The van der Waals surface area contributed by atoms with E-state index in [1.807, 2.05) is 0 Å². The number of aliphatic hydroxyl groups excluding tert-OH is 1. The molecule has 37 heavy (non-hydrogen) atoms. The molecule has 0 aliphatic heterocycles. The second-order valence-corrected chi connectivity index (χ2v) is 9.16. The first-order valence-electron chi connectivity index (χ1n) is 11.6. The Morgan fingerprint density at radius 3 is 2.46 bits per heavy atom. The summed E-state index contributed by atoms with van der Waals surface area (Å²) in [6.45, 7) is 3.39. The molecule has 0 radical (unpaired) electrons. The zero-order valence-corrected chi connectivity index (χ0v) is 20.6. The maximum Gasteiger partial charge on any atom is 0.280 e. The fraction of sp³-hybridized carbons (Fsp3) is 0.346. The topological polar surface area (TPSA) is 91.8 Å². The van der Waals surface area contributed by atoms with Gasteiger partial charge in [-0.1, -0.05) is 18.2 Å². The van der Waals surface area contributed by atoms with Gasteiger partial charge in [-0.25, -0.2) is 17.6 Å². The number of carbonyl (C=O) groups excluding carboxylic acids is 1. The molecule has 3 rings (SSSR count). The van der Waals surface area contributed by atoms with Crippen LogP contribution in [0.1, 0.15) is 36.8 Å². The number of alkyl halides is 2. The molecule has 198 valence electrons. The molecule has 0 unspecified atom stereocenters. The van der Waals surface area contributed by atoms with Crippen LogP contribution >= 0.6 is 11.6 Å². The van der Waals surface area contributed by atoms with Crippen molar-refractivity contribution in [2.45, 2.75) is 50.8 Å². The Hall–Kier alpha value is -3.24. The van der Waals surface area contributed by atoms with Crippen molar-refractivity contribution in [1.29, 1.82) is 0 Å². The van der Waals surface area contributed by atoms with Crippen LogP contribution < -0.4 is 5.73 Å². The minimum atomic E-state index is -3.11. The highest BCUT2D eigenvalue weighted by Gasteiger charge is 2.30. The average molecular weight is 539 g/mol. The van der Waals surface area contributed by atoms with Crippen LogP contribution in [-0.2, 0) is 11.3 Å². The van der Waals surface area contributed by atoms with Gasteiger partial charge in [-0.05, 0) is 55.0 Å². The lowest BCUT2D eigenvalue weighted by atomic mass is 9.93. The predicted molar refractivity (Wildman–Crippen MR) is 134 cm³/mol. The fourth-order valence-electron chi connectivity index (χ4n) is 4.16. The number of hydrogen-bond donors (Lipinski definition) is 2. The molecule has 11 heteroatoms. The zero-order chi connectivity index (χ0) is 27.1.